The van der Waals surface area contributed by atoms with Gasteiger partial charge in [-0.1, -0.05) is 37.6 Å². The zero-order valence-electron chi connectivity index (χ0n) is 18.3. The predicted molar refractivity (Wildman–Crippen MR) is 119 cm³/mol. The maximum atomic E-state index is 13.0. The molecule has 168 valence electrons. The molecule has 0 aromatic heterocycles. The Hall–Kier alpha value is -2.58. The van der Waals surface area contributed by atoms with Crippen LogP contribution in [0.1, 0.15) is 44.4 Å². The number of nitrogens with one attached hydrogen (secondary N) is 2. The summed E-state index contributed by atoms with van der Waals surface area (Å²) >= 11 is 0. The fraction of sp³-hybridized carbons (Fsp3) is 0.435. The second-order valence-electron chi connectivity index (χ2n) is 8.25. The number of carbonyl (C=O) groups is 1. The van der Waals surface area contributed by atoms with Crippen LogP contribution in [-0.4, -0.2) is 33.6 Å². The molecule has 1 heterocycles. The van der Waals surface area contributed by atoms with Gasteiger partial charge in [0.25, 0.3) is 0 Å². The van der Waals surface area contributed by atoms with E-state index in [2.05, 4.69) is 10.0 Å². The van der Waals surface area contributed by atoms with Gasteiger partial charge in [0, 0.05) is 0 Å². The van der Waals surface area contributed by atoms with Crippen LogP contribution in [0.4, 0.5) is 0 Å². The van der Waals surface area contributed by atoms with E-state index in [1.165, 1.54) is 0 Å². The highest BCUT2D eigenvalue weighted by molar-refractivity contribution is 7.89. The summed E-state index contributed by atoms with van der Waals surface area (Å²) in [5.41, 5.74) is 1.81. The van der Waals surface area contributed by atoms with E-state index in [1.807, 2.05) is 45.9 Å². The summed E-state index contributed by atoms with van der Waals surface area (Å²) in [7, 11) is -3.83. The topological polar surface area (TPSA) is 93.7 Å². The monoisotopic (exact) mass is 446 g/mol. The Morgan fingerprint density at radius 1 is 1.00 bits per heavy atom. The Balaban J connectivity index is 1.74. The Morgan fingerprint density at radius 3 is 2.29 bits per heavy atom. The second-order valence-corrected chi connectivity index (χ2v) is 9.96. The minimum Gasteiger partial charge on any atom is -0.486 e. The molecule has 2 N–H and O–H groups in total. The van der Waals surface area contributed by atoms with Crippen LogP contribution in [0, 0.1) is 12.8 Å². The van der Waals surface area contributed by atoms with E-state index in [1.54, 1.807) is 24.3 Å². The highest BCUT2D eigenvalue weighted by atomic mass is 32.2. The highest BCUT2D eigenvalue weighted by Gasteiger charge is 2.28. The molecule has 1 aliphatic rings. The molecule has 2 aromatic carbocycles. The van der Waals surface area contributed by atoms with E-state index in [0.29, 0.717) is 31.1 Å². The zero-order chi connectivity index (χ0) is 22.6. The molecule has 3 rings (SSSR count). The van der Waals surface area contributed by atoms with Gasteiger partial charge >= 0.3 is 0 Å². The number of benzene rings is 2. The van der Waals surface area contributed by atoms with Crippen LogP contribution in [0.2, 0.25) is 0 Å². The maximum Gasteiger partial charge on any atom is 0.241 e. The molecule has 1 amide bonds. The summed E-state index contributed by atoms with van der Waals surface area (Å²) < 4.78 is 39.4. The van der Waals surface area contributed by atoms with Crippen LogP contribution < -0.4 is 19.5 Å². The SMILES string of the molecule is Cc1ccc(S(=O)(=O)NC(CC(C)C)C(=O)NC(C)c2ccc3c(c2)OCCO3)cc1. The van der Waals surface area contributed by atoms with Crippen LogP contribution in [-0.2, 0) is 14.8 Å². The molecule has 0 saturated heterocycles. The van der Waals surface area contributed by atoms with Gasteiger partial charge in [-0.25, -0.2) is 8.42 Å². The Morgan fingerprint density at radius 2 is 1.65 bits per heavy atom. The van der Waals surface area contributed by atoms with E-state index in [9.17, 15) is 13.2 Å². The van der Waals surface area contributed by atoms with E-state index < -0.39 is 16.1 Å². The number of sulfonamides is 1. The van der Waals surface area contributed by atoms with Crippen molar-refractivity contribution >= 4 is 15.9 Å². The highest BCUT2D eigenvalue weighted by Crippen LogP contribution is 2.32. The standard InChI is InChI=1S/C23H30N2O5S/c1-15(2)13-20(25-31(27,28)19-8-5-16(3)6-9-19)23(26)24-17(4)18-7-10-21-22(14-18)30-12-11-29-21/h5-10,14-15,17,20,25H,11-13H2,1-4H3,(H,24,26). The lowest BCUT2D eigenvalue weighted by Gasteiger charge is -2.24. The van der Waals surface area contributed by atoms with Crippen LogP contribution >= 0.6 is 0 Å². The Kier molecular flexibility index (Phi) is 7.23. The summed E-state index contributed by atoms with van der Waals surface area (Å²) in [6, 6.07) is 10.9. The number of fused-ring (bicyclic) bond motifs is 1. The molecule has 2 aromatic rings. The third kappa shape index (κ3) is 5.98. The van der Waals surface area contributed by atoms with Crippen molar-refractivity contribution in [1.29, 1.82) is 0 Å². The lowest BCUT2D eigenvalue weighted by molar-refractivity contribution is -0.123. The number of ether oxygens (including phenoxy) is 2. The second kappa shape index (κ2) is 9.70. The van der Waals surface area contributed by atoms with Gasteiger partial charge in [0.2, 0.25) is 15.9 Å². The van der Waals surface area contributed by atoms with Gasteiger partial charge in [0.1, 0.15) is 19.3 Å². The summed E-state index contributed by atoms with van der Waals surface area (Å²) in [5, 5.41) is 2.93. The fourth-order valence-electron chi connectivity index (χ4n) is 3.38. The van der Waals surface area contributed by atoms with Crippen molar-refractivity contribution in [2.45, 2.75) is 51.1 Å². The first-order valence-corrected chi connectivity index (χ1v) is 11.9. The number of amides is 1. The number of rotatable bonds is 8. The predicted octanol–water partition coefficient (Wildman–Crippen LogP) is 3.34. The minimum absolute atomic E-state index is 0.126. The molecular formula is C23H30N2O5S. The smallest absolute Gasteiger partial charge is 0.241 e. The molecular weight excluding hydrogens is 416 g/mol. The van der Waals surface area contributed by atoms with Gasteiger partial charge in [0.05, 0.1) is 10.9 Å². The largest absolute Gasteiger partial charge is 0.486 e. The van der Waals surface area contributed by atoms with Gasteiger partial charge in [-0.3, -0.25) is 4.79 Å². The third-order valence-corrected chi connectivity index (χ3v) is 6.56. The van der Waals surface area contributed by atoms with Crippen molar-refractivity contribution in [3.05, 3.63) is 53.6 Å². The molecule has 0 aliphatic carbocycles. The molecule has 0 radical (unpaired) electrons. The fourth-order valence-corrected chi connectivity index (χ4v) is 4.59. The molecule has 7 nitrogen and oxygen atoms in total. The van der Waals surface area contributed by atoms with Crippen molar-refractivity contribution in [2.24, 2.45) is 5.92 Å². The van der Waals surface area contributed by atoms with Gasteiger partial charge in [0.15, 0.2) is 11.5 Å². The van der Waals surface area contributed by atoms with E-state index in [4.69, 9.17) is 9.47 Å². The molecule has 31 heavy (non-hydrogen) atoms. The van der Waals surface area contributed by atoms with E-state index in [0.717, 1.165) is 11.1 Å². The van der Waals surface area contributed by atoms with Gasteiger partial charge < -0.3 is 14.8 Å². The van der Waals surface area contributed by atoms with Crippen molar-refractivity contribution in [2.75, 3.05) is 13.2 Å². The average Bonchev–Trinajstić information content (AvgIpc) is 2.72. The molecule has 2 unspecified atom stereocenters. The van der Waals surface area contributed by atoms with Crippen LogP contribution in [0.15, 0.2) is 47.4 Å². The van der Waals surface area contributed by atoms with Crippen molar-refractivity contribution in [3.63, 3.8) is 0 Å². The summed E-state index contributed by atoms with van der Waals surface area (Å²) in [6.07, 6.45) is 0.380. The third-order valence-electron chi connectivity index (χ3n) is 5.08. The van der Waals surface area contributed by atoms with Crippen LogP contribution in [0.5, 0.6) is 11.5 Å². The normalized spacial score (nSPS) is 15.4. The Labute approximate surface area is 184 Å². The molecule has 2 atom stereocenters. The molecule has 0 saturated carbocycles. The zero-order valence-corrected chi connectivity index (χ0v) is 19.2. The Bertz CT molecular complexity index is 1020. The lowest BCUT2D eigenvalue weighted by atomic mass is 10.0. The van der Waals surface area contributed by atoms with E-state index >= 15 is 0 Å². The molecule has 1 aliphatic heterocycles. The number of hydrogen-bond acceptors (Lipinski definition) is 5. The average molecular weight is 447 g/mol. The van der Waals surface area contributed by atoms with Crippen LogP contribution in [0.25, 0.3) is 0 Å². The molecule has 0 bridgehead atoms. The molecule has 0 fully saturated rings. The molecule has 8 heteroatoms. The van der Waals surface area contributed by atoms with Gasteiger partial charge in [-0.15, -0.1) is 0 Å². The minimum atomic E-state index is -3.83. The van der Waals surface area contributed by atoms with Gasteiger partial charge in [-0.2, -0.15) is 4.72 Å². The first kappa shape index (κ1) is 23.1. The first-order valence-electron chi connectivity index (χ1n) is 10.4. The summed E-state index contributed by atoms with van der Waals surface area (Å²) in [4.78, 5) is 13.2. The number of carbonyl (C=O) groups excluding carboxylic acids is 1. The first-order chi connectivity index (χ1) is 14.7. The van der Waals surface area contributed by atoms with Crippen LogP contribution in [0.3, 0.4) is 0 Å². The quantitative estimate of drug-likeness (QED) is 0.649. The summed E-state index contributed by atoms with van der Waals surface area (Å²) in [5.74, 6) is 1.08. The van der Waals surface area contributed by atoms with Crippen molar-refractivity contribution in [3.8, 4) is 11.5 Å². The van der Waals surface area contributed by atoms with E-state index in [-0.39, 0.29) is 22.8 Å². The lowest BCUT2D eigenvalue weighted by Crippen LogP contribution is -2.47. The van der Waals surface area contributed by atoms with Crippen molar-refractivity contribution in [1.82, 2.24) is 10.0 Å². The molecule has 0 spiro atoms. The maximum absolute atomic E-state index is 13.0. The van der Waals surface area contributed by atoms with Gasteiger partial charge in [-0.05, 0) is 56.0 Å². The number of hydrogen-bond donors (Lipinski definition) is 2. The van der Waals surface area contributed by atoms with Crippen molar-refractivity contribution < 1.29 is 22.7 Å². The number of aryl methyl sites for hydroxylation is 1. The summed E-state index contributed by atoms with van der Waals surface area (Å²) in [6.45, 7) is 8.63.